The first-order valence-electron chi connectivity index (χ1n) is 7.96. The van der Waals surface area contributed by atoms with Crippen LogP contribution in [0.2, 0.25) is 0 Å². The third-order valence-electron chi connectivity index (χ3n) is 4.02. The van der Waals surface area contributed by atoms with Gasteiger partial charge in [-0.05, 0) is 35.9 Å². The first-order valence-corrected chi connectivity index (χ1v) is 9.44. The second kappa shape index (κ2) is 6.50. The number of carbonyl (C=O) groups excluding carboxylic acids is 1. The molecule has 2 aromatic rings. The van der Waals surface area contributed by atoms with Gasteiger partial charge in [0.2, 0.25) is 22.7 Å². The summed E-state index contributed by atoms with van der Waals surface area (Å²) in [5.41, 5.74) is 1.33. The van der Waals surface area contributed by atoms with Crippen LogP contribution in [0.15, 0.2) is 41.3 Å². The number of fused-ring (bicyclic) bond motifs is 2. The van der Waals surface area contributed by atoms with Crippen LogP contribution in [0, 0.1) is 0 Å². The zero-order valence-electron chi connectivity index (χ0n) is 13.7. The van der Waals surface area contributed by atoms with E-state index in [1.165, 1.54) is 12.1 Å². The Bertz CT molecular complexity index is 973. The summed E-state index contributed by atoms with van der Waals surface area (Å²) in [6, 6.07) is 9.73. The summed E-state index contributed by atoms with van der Waals surface area (Å²) in [5, 5.41) is 2.67. The van der Waals surface area contributed by atoms with Crippen molar-refractivity contribution in [3.05, 3.63) is 42.0 Å². The zero-order chi connectivity index (χ0) is 18.1. The minimum Gasteiger partial charge on any atom is -0.492 e. The molecular weight excluding hydrogens is 360 g/mol. The number of hydrogen-bond donors (Lipinski definition) is 2. The number of carbonyl (C=O) groups is 1. The Kier molecular flexibility index (Phi) is 4.17. The van der Waals surface area contributed by atoms with Crippen molar-refractivity contribution in [1.82, 2.24) is 4.72 Å². The molecule has 4 rings (SSSR count). The Balaban J connectivity index is 1.34. The molecule has 0 aliphatic carbocycles. The van der Waals surface area contributed by atoms with Crippen molar-refractivity contribution in [3.63, 3.8) is 0 Å². The summed E-state index contributed by atoms with van der Waals surface area (Å²) in [7, 11) is -3.68. The van der Waals surface area contributed by atoms with Gasteiger partial charge in [-0.25, -0.2) is 13.1 Å². The van der Waals surface area contributed by atoms with Gasteiger partial charge in [0, 0.05) is 18.3 Å². The molecule has 0 radical (unpaired) electrons. The van der Waals surface area contributed by atoms with Gasteiger partial charge in [0.05, 0.1) is 11.3 Å². The summed E-state index contributed by atoms with van der Waals surface area (Å²) >= 11 is 0. The Labute approximate surface area is 150 Å². The number of benzene rings is 2. The molecule has 26 heavy (non-hydrogen) atoms. The Hall–Kier alpha value is -2.78. The Morgan fingerprint density at radius 3 is 2.85 bits per heavy atom. The molecule has 2 aliphatic rings. The number of anilines is 1. The predicted octanol–water partition coefficient (Wildman–Crippen LogP) is 1.27. The molecule has 0 fully saturated rings. The van der Waals surface area contributed by atoms with Crippen LogP contribution in [0.25, 0.3) is 0 Å². The molecule has 136 valence electrons. The van der Waals surface area contributed by atoms with Crippen LogP contribution < -0.4 is 24.2 Å². The van der Waals surface area contributed by atoms with Gasteiger partial charge in [0.25, 0.3) is 0 Å². The van der Waals surface area contributed by atoms with Crippen LogP contribution in [0.1, 0.15) is 5.56 Å². The molecule has 0 atom stereocenters. The molecule has 0 unspecified atom stereocenters. The predicted molar refractivity (Wildman–Crippen MR) is 92.0 cm³/mol. The maximum Gasteiger partial charge on any atom is 0.240 e. The van der Waals surface area contributed by atoms with Crippen LogP contribution in [0.4, 0.5) is 5.69 Å². The SMILES string of the molecule is O=C1Cc2cc(S(=O)(=O)NCCOc3ccc4c(c3)OCO4)ccc2N1. The van der Waals surface area contributed by atoms with Crippen LogP contribution in [0.3, 0.4) is 0 Å². The van der Waals surface area contributed by atoms with E-state index in [-0.39, 0.29) is 37.2 Å². The number of nitrogens with one attached hydrogen (secondary N) is 2. The maximum atomic E-state index is 12.4. The first-order chi connectivity index (χ1) is 12.5. The monoisotopic (exact) mass is 376 g/mol. The molecular formula is C17H16N2O6S. The standard InChI is InChI=1S/C17H16N2O6S/c20-17-8-11-7-13(2-3-14(11)19-17)26(21,22)18-5-6-23-12-1-4-15-16(9-12)25-10-24-15/h1-4,7,9,18H,5-6,8,10H2,(H,19,20). The number of sulfonamides is 1. The van der Waals surface area contributed by atoms with Gasteiger partial charge in [-0.2, -0.15) is 0 Å². The van der Waals surface area contributed by atoms with E-state index in [1.54, 1.807) is 24.3 Å². The molecule has 9 heteroatoms. The lowest BCUT2D eigenvalue weighted by Gasteiger charge is -2.10. The molecule has 0 bridgehead atoms. The fraction of sp³-hybridized carbons (Fsp3) is 0.235. The van der Waals surface area contributed by atoms with E-state index in [2.05, 4.69) is 10.0 Å². The molecule has 2 aromatic carbocycles. The van der Waals surface area contributed by atoms with Crippen molar-refractivity contribution in [2.45, 2.75) is 11.3 Å². The number of amides is 1. The fourth-order valence-corrected chi connectivity index (χ4v) is 3.83. The van der Waals surface area contributed by atoms with Gasteiger partial charge < -0.3 is 19.5 Å². The van der Waals surface area contributed by atoms with Crippen molar-refractivity contribution in [1.29, 1.82) is 0 Å². The van der Waals surface area contributed by atoms with Crippen molar-refractivity contribution in [3.8, 4) is 17.2 Å². The number of hydrogen-bond acceptors (Lipinski definition) is 6. The highest BCUT2D eigenvalue weighted by atomic mass is 32.2. The van der Waals surface area contributed by atoms with Gasteiger partial charge in [0.1, 0.15) is 12.4 Å². The van der Waals surface area contributed by atoms with E-state index in [0.29, 0.717) is 28.5 Å². The minimum atomic E-state index is -3.68. The molecule has 0 spiro atoms. The van der Waals surface area contributed by atoms with Gasteiger partial charge in [-0.15, -0.1) is 0 Å². The van der Waals surface area contributed by atoms with Crippen molar-refractivity contribution in [2.75, 3.05) is 25.3 Å². The van der Waals surface area contributed by atoms with Crippen molar-refractivity contribution < 1.29 is 27.4 Å². The lowest BCUT2D eigenvalue weighted by molar-refractivity contribution is -0.115. The summed E-state index contributed by atoms with van der Waals surface area (Å²) in [6.45, 7) is 0.440. The topological polar surface area (TPSA) is 103 Å². The van der Waals surface area contributed by atoms with E-state index in [1.807, 2.05) is 0 Å². The molecule has 2 heterocycles. The highest BCUT2D eigenvalue weighted by Crippen LogP contribution is 2.35. The Morgan fingerprint density at radius 2 is 1.96 bits per heavy atom. The first kappa shape index (κ1) is 16.7. The second-order valence-corrected chi connectivity index (χ2v) is 7.57. The summed E-state index contributed by atoms with van der Waals surface area (Å²) in [4.78, 5) is 11.5. The van der Waals surface area contributed by atoms with E-state index in [0.717, 1.165) is 0 Å². The van der Waals surface area contributed by atoms with Crippen LogP contribution in [-0.2, 0) is 21.2 Å². The molecule has 0 saturated carbocycles. The van der Waals surface area contributed by atoms with E-state index in [4.69, 9.17) is 14.2 Å². The van der Waals surface area contributed by atoms with Crippen LogP contribution in [-0.4, -0.2) is 34.3 Å². The smallest absolute Gasteiger partial charge is 0.240 e. The summed E-state index contributed by atoms with van der Waals surface area (Å²) in [5.74, 6) is 1.68. The molecule has 1 amide bonds. The lowest BCUT2D eigenvalue weighted by Crippen LogP contribution is -2.28. The van der Waals surface area contributed by atoms with Crippen molar-refractivity contribution >= 4 is 21.6 Å². The highest BCUT2D eigenvalue weighted by Gasteiger charge is 2.21. The Morgan fingerprint density at radius 1 is 1.12 bits per heavy atom. The van der Waals surface area contributed by atoms with Crippen LogP contribution >= 0.6 is 0 Å². The summed E-state index contributed by atoms with van der Waals surface area (Å²) in [6.07, 6.45) is 0.186. The van der Waals surface area contributed by atoms with E-state index < -0.39 is 10.0 Å². The molecule has 2 aliphatic heterocycles. The van der Waals surface area contributed by atoms with Gasteiger partial charge in [0.15, 0.2) is 11.5 Å². The normalized spacial score (nSPS) is 14.8. The number of rotatable bonds is 6. The van der Waals surface area contributed by atoms with E-state index in [9.17, 15) is 13.2 Å². The van der Waals surface area contributed by atoms with Gasteiger partial charge >= 0.3 is 0 Å². The molecule has 0 saturated heterocycles. The molecule has 0 aromatic heterocycles. The van der Waals surface area contributed by atoms with Gasteiger partial charge in [-0.3, -0.25) is 4.79 Å². The molecule has 8 nitrogen and oxygen atoms in total. The maximum absolute atomic E-state index is 12.4. The van der Waals surface area contributed by atoms with Gasteiger partial charge in [-0.1, -0.05) is 0 Å². The van der Waals surface area contributed by atoms with Crippen molar-refractivity contribution in [2.24, 2.45) is 0 Å². The van der Waals surface area contributed by atoms with E-state index >= 15 is 0 Å². The molecule has 2 N–H and O–H groups in total. The highest BCUT2D eigenvalue weighted by molar-refractivity contribution is 7.89. The average Bonchev–Trinajstić information content (AvgIpc) is 3.22. The lowest BCUT2D eigenvalue weighted by atomic mass is 10.2. The second-order valence-electron chi connectivity index (χ2n) is 5.81. The van der Waals surface area contributed by atoms with Crippen LogP contribution in [0.5, 0.6) is 17.2 Å². The largest absolute Gasteiger partial charge is 0.492 e. The average molecular weight is 376 g/mol. The third-order valence-corrected chi connectivity index (χ3v) is 5.48. The number of ether oxygens (including phenoxy) is 3. The quantitative estimate of drug-likeness (QED) is 0.736. The fourth-order valence-electron chi connectivity index (χ4n) is 2.77. The minimum absolute atomic E-state index is 0.102. The summed E-state index contributed by atoms with van der Waals surface area (Å²) < 4.78 is 43.2. The zero-order valence-corrected chi connectivity index (χ0v) is 14.5. The third kappa shape index (κ3) is 3.31.